The Hall–Kier alpha value is 0.487. The van der Waals surface area contributed by atoms with Crippen LogP contribution in [0.4, 0.5) is 0 Å². The van der Waals surface area contributed by atoms with Crippen molar-refractivity contribution in [1.82, 2.24) is 0 Å². The largest absolute Gasteiger partial charge is 0.402 e. The van der Waals surface area contributed by atoms with Gasteiger partial charge in [-0.15, -0.1) is 0 Å². The van der Waals surface area contributed by atoms with Crippen molar-refractivity contribution in [2.24, 2.45) is 11.7 Å². The van der Waals surface area contributed by atoms with Crippen LogP contribution < -0.4 is 5.73 Å². The monoisotopic (exact) mass is 275 g/mol. The van der Waals surface area contributed by atoms with Crippen molar-refractivity contribution in [2.45, 2.75) is 64.4 Å². The van der Waals surface area contributed by atoms with Crippen LogP contribution in [-0.2, 0) is 4.43 Å². The molecule has 1 aliphatic rings. The van der Waals surface area contributed by atoms with Gasteiger partial charge in [0.25, 0.3) is 0 Å². The summed E-state index contributed by atoms with van der Waals surface area (Å²) < 4.78 is 6.13. The van der Waals surface area contributed by atoms with E-state index >= 15 is 0 Å². The van der Waals surface area contributed by atoms with Crippen molar-refractivity contribution >= 4 is 20.1 Å². The summed E-state index contributed by atoms with van der Waals surface area (Å²) in [7, 11) is -1.67. The van der Waals surface area contributed by atoms with Crippen LogP contribution >= 0.6 is 11.8 Å². The molecule has 0 amide bonds. The van der Waals surface area contributed by atoms with Gasteiger partial charge < -0.3 is 10.2 Å². The van der Waals surface area contributed by atoms with Crippen LogP contribution in [0.25, 0.3) is 0 Å². The SMILES string of the molecule is CC(C)(C)[Si](C)(C)O[C@@H](N)CCSCC1CC1. The quantitative estimate of drug-likeness (QED) is 0.436. The fourth-order valence-corrected chi connectivity index (χ4v) is 3.81. The maximum absolute atomic E-state index is 6.13. The number of hydrogen-bond donors (Lipinski definition) is 1. The molecule has 0 aromatic carbocycles. The maximum Gasteiger partial charge on any atom is 0.194 e. The first kappa shape index (κ1) is 15.5. The molecule has 1 saturated carbocycles. The molecule has 0 unspecified atom stereocenters. The molecule has 0 heterocycles. The molecule has 0 aromatic rings. The molecule has 0 aromatic heterocycles. The highest BCUT2D eigenvalue weighted by molar-refractivity contribution is 7.99. The van der Waals surface area contributed by atoms with E-state index < -0.39 is 8.32 Å². The van der Waals surface area contributed by atoms with Crippen LogP contribution in [-0.4, -0.2) is 26.1 Å². The average Bonchev–Trinajstić information content (AvgIpc) is 2.93. The molecule has 1 fully saturated rings. The first-order chi connectivity index (χ1) is 7.72. The third-order valence-corrected chi connectivity index (χ3v) is 9.59. The molecule has 102 valence electrons. The highest BCUT2D eigenvalue weighted by atomic mass is 32.2. The normalized spacial score (nSPS) is 19.4. The van der Waals surface area contributed by atoms with Gasteiger partial charge in [-0.1, -0.05) is 20.8 Å². The maximum atomic E-state index is 6.13. The van der Waals surface area contributed by atoms with E-state index in [-0.39, 0.29) is 11.3 Å². The summed E-state index contributed by atoms with van der Waals surface area (Å²) in [5, 5.41) is 0.256. The molecule has 1 rings (SSSR count). The van der Waals surface area contributed by atoms with Gasteiger partial charge in [0, 0.05) is 0 Å². The van der Waals surface area contributed by atoms with E-state index in [1.807, 2.05) is 11.8 Å². The fraction of sp³-hybridized carbons (Fsp3) is 1.00. The Morgan fingerprint density at radius 1 is 1.35 bits per heavy atom. The van der Waals surface area contributed by atoms with Crippen LogP contribution in [0.3, 0.4) is 0 Å². The van der Waals surface area contributed by atoms with Crippen LogP contribution in [0.15, 0.2) is 0 Å². The lowest BCUT2D eigenvalue weighted by molar-refractivity contribution is 0.184. The Morgan fingerprint density at radius 3 is 2.41 bits per heavy atom. The Balaban J connectivity index is 2.16. The lowest BCUT2D eigenvalue weighted by atomic mass is 10.2. The lowest BCUT2D eigenvalue weighted by Crippen LogP contribution is -2.46. The number of rotatable bonds is 7. The molecule has 17 heavy (non-hydrogen) atoms. The first-order valence-corrected chi connectivity index (χ1v) is 10.8. The smallest absolute Gasteiger partial charge is 0.194 e. The van der Waals surface area contributed by atoms with Crippen LogP contribution in [0.5, 0.6) is 0 Å². The summed E-state index contributed by atoms with van der Waals surface area (Å²) >= 11 is 2.04. The summed E-state index contributed by atoms with van der Waals surface area (Å²) in [5.41, 5.74) is 6.09. The van der Waals surface area contributed by atoms with Crippen molar-refractivity contribution in [3.63, 3.8) is 0 Å². The van der Waals surface area contributed by atoms with Crippen molar-refractivity contribution in [3.8, 4) is 0 Å². The van der Waals surface area contributed by atoms with Gasteiger partial charge in [-0.05, 0) is 54.8 Å². The van der Waals surface area contributed by atoms with Gasteiger partial charge in [0.2, 0.25) is 0 Å². The van der Waals surface area contributed by atoms with Crippen LogP contribution in [0.2, 0.25) is 18.1 Å². The number of nitrogens with two attached hydrogens (primary N) is 1. The molecular formula is C13H29NOSSi. The van der Waals surface area contributed by atoms with Crippen molar-refractivity contribution < 1.29 is 4.43 Å². The Morgan fingerprint density at radius 2 is 1.94 bits per heavy atom. The second kappa shape index (κ2) is 6.09. The number of hydrogen-bond acceptors (Lipinski definition) is 3. The Labute approximate surface area is 112 Å². The highest BCUT2D eigenvalue weighted by Crippen LogP contribution is 2.37. The highest BCUT2D eigenvalue weighted by Gasteiger charge is 2.38. The van der Waals surface area contributed by atoms with E-state index in [1.54, 1.807) is 0 Å². The minimum atomic E-state index is -1.67. The van der Waals surface area contributed by atoms with E-state index in [9.17, 15) is 0 Å². The van der Waals surface area contributed by atoms with Gasteiger partial charge in [-0.25, -0.2) is 0 Å². The standard InChI is InChI=1S/C13H29NOSSi/c1-13(2,3)17(4,5)15-12(14)8-9-16-10-11-6-7-11/h11-12H,6-10,14H2,1-5H3/t12-/m1/s1. The summed E-state index contributed by atoms with van der Waals surface area (Å²) in [5.74, 6) is 3.48. The van der Waals surface area contributed by atoms with Gasteiger partial charge in [0.1, 0.15) is 0 Å². The second-order valence-electron chi connectivity index (χ2n) is 6.72. The zero-order chi connectivity index (χ0) is 13.1. The van der Waals surface area contributed by atoms with Crippen LogP contribution in [0, 0.1) is 5.92 Å². The molecule has 0 saturated heterocycles. The minimum Gasteiger partial charge on any atom is -0.402 e. The third kappa shape index (κ3) is 5.77. The van der Waals surface area contributed by atoms with E-state index in [0.717, 1.165) is 18.1 Å². The molecule has 0 radical (unpaired) electrons. The molecule has 2 nitrogen and oxygen atoms in total. The lowest BCUT2D eigenvalue weighted by Gasteiger charge is -2.38. The van der Waals surface area contributed by atoms with Crippen molar-refractivity contribution in [3.05, 3.63) is 0 Å². The zero-order valence-electron chi connectivity index (χ0n) is 12.1. The predicted molar refractivity (Wildman–Crippen MR) is 80.9 cm³/mol. The van der Waals surface area contributed by atoms with Gasteiger partial charge in [-0.2, -0.15) is 11.8 Å². The molecule has 4 heteroatoms. The third-order valence-electron chi connectivity index (χ3n) is 3.85. The summed E-state index contributed by atoms with van der Waals surface area (Å²) in [6, 6.07) is 0. The van der Waals surface area contributed by atoms with Gasteiger partial charge in [-0.3, -0.25) is 0 Å². The van der Waals surface area contributed by atoms with Crippen molar-refractivity contribution in [1.29, 1.82) is 0 Å². The Bertz CT molecular complexity index is 236. The van der Waals surface area contributed by atoms with E-state index in [2.05, 4.69) is 33.9 Å². The molecule has 0 bridgehead atoms. The number of thioether (sulfide) groups is 1. The molecular weight excluding hydrogens is 246 g/mol. The second-order valence-corrected chi connectivity index (χ2v) is 12.6. The van der Waals surface area contributed by atoms with Crippen LogP contribution in [0.1, 0.15) is 40.0 Å². The van der Waals surface area contributed by atoms with Gasteiger partial charge in [0.15, 0.2) is 8.32 Å². The van der Waals surface area contributed by atoms with Crippen molar-refractivity contribution in [2.75, 3.05) is 11.5 Å². The first-order valence-electron chi connectivity index (χ1n) is 6.73. The summed E-state index contributed by atoms with van der Waals surface area (Å²) in [4.78, 5) is 0. The molecule has 0 spiro atoms. The fourth-order valence-electron chi connectivity index (χ4n) is 1.35. The van der Waals surface area contributed by atoms with E-state index in [4.69, 9.17) is 10.2 Å². The molecule has 1 aliphatic carbocycles. The predicted octanol–water partition coefficient (Wildman–Crippen LogP) is 3.83. The Kier molecular flexibility index (Phi) is 5.57. The zero-order valence-corrected chi connectivity index (χ0v) is 13.9. The summed E-state index contributed by atoms with van der Waals surface area (Å²) in [6.07, 6.45) is 3.81. The van der Waals surface area contributed by atoms with Gasteiger partial charge >= 0.3 is 0 Å². The summed E-state index contributed by atoms with van der Waals surface area (Å²) in [6.45, 7) is 11.3. The molecule has 2 N–H and O–H groups in total. The van der Waals surface area contributed by atoms with E-state index in [0.29, 0.717) is 0 Å². The van der Waals surface area contributed by atoms with Gasteiger partial charge in [0.05, 0.1) is 6.23 Å². The average molecular weight is 276 g/mol. The molecule has 1 atom stereocenters. The minimum absolute atomic E-state index is 0.0670. The topological polar surface area (TPSA) is 35.2 Å². The van der Waals surface area contributed by atoms with E-state index in [1.165, 1.54) is 18.6 Å². The molecule has 0 aliphatic heterocycles.